The number of rotatable bonds is 6. The first-order chi connectivity index (χ1) is 16.5. The second-order valence-electron chi connectivity index (χ2n) is 8.92. The number of thiophene rings is 1. The van der Waals surface area contributed by atoms with Crippen LogP contribution in [0.5, 0.6) is 11.5 Å². The van der Waals surface area contributed by atoms with Crippen molar-refractivity contribution < 1.29 is 14.3 Å². The third kappa shape index (κ3) is 3.54. The van der Waals surface area contributed by atoms with Crippen molar-refractivity contribution in [1.82, 2.24) is 14.5 Å². The van der Waals surface area contributed by atoms with E-state index in [4.69, 9.17) is 14.1 Å². The minimum atomic E-state index is -0.169. The summed E-state index contributed by atoms with van der Waals surface area (Å²) in [5.41, 5.74) is 1.89. The molecule has 0 bridgehead atoms. The summed E-state index contributed by atoms with van der Waals surface area (Å²) in [7, 11) is 0. The lowest BCUT2D eigenvalue weighted by molar-refractivity contribution is 0.242. The first-order valence-electron chi connectivity index (χ1n) is 11.3. The van der Waals surface area contributed by atoms with Gasteiger partial charge in [-0.3, -0.25) is 9.36 Å². The number of phenols is 1. The van der Waals surface area contributed by atoms with E-state index >= 15 is 0 Å². The SMILES string of the molecule is CC(C)Oc1ccc(-c2nc3sc4c(O)cccc4c3c(=O)n2Cc2cnco2)c(C2CC2)c1. The number of nitrogens with zero attached hydrogens (tertiary/aromatic N) is 3. The molecule has 0 radical (unpaired) electrons. The molecule has 7 nitrogen and oxygen atoms in total. The second-order valence-corrected chi connectivity index (χ2v) is 9.92. The number of ether oxygens (including phenoxy) is 1. The molecule has 5 aromatic rings. The maximum Gasteiger partial charge on any atom is 0.263 e. The molecule has 1 saturated carbocycles. The Balaban J connectivity index is 1.63. The number of hydrogen-bond donors (Lipinski definition) is 1. The Kier molecular flexibility index (Phi) is 4.91. The molecule has 3 heterocycles. The van der Waals surface area contributed by atoms with Gasteiger partial charge in [-0.1, -0.05) is 12.1 Å². The predicted octanol–water partition coefficient (Wildman–Crippen LogP) is 5.68. The molecule has 0 amide bonds. The Morgan fingerprint density at radius 2 is 2.12 bits per heavy atom. The van der Waals surface area contributed by atoms with Crippen LogP contribution in [0.25, 0.3) is 31.7 Å². The fraction of sp³-hybridized carbons (Fsp3) is 0.269. The van der Waals surface area contributed by atoms with Crippen LogP contribution in [0.3, 0.4) is 0 Å². The highest BCUT2D eigenvalue weighted by atomic mass is 32.1. The Hall–Kier alpha value is -3.65. The predicted molar refractivity (Wildman–Crippen MR) is 132 cm³/mol. The van der Waals surface area contributed by atoms with Crippen molar-refractivity contribution >= 4 is 31.6 Å². The van der Waals surface area contributed by atoms with Gasteiger partial charge in [-0.05, 0) is 62.4 Å². The normalized spacial score (nSPS) is 13.9. The highest BCUT2D eigenvalue weighted by Gasteiger charge is 2.29. The largest absolute Gasteiger partial charge is 0.506 e. The van der Waals surface area contributed by atoms with E-state index in [1.165, 1.54) is 17.7 Å². The molecule has 0 aliphatic heterocycles. The number of oxazole rings is 1. The highest BCUT2D eigenvalue weighted by Crippen LogP contribution is 2.46. The molecule has 0 spiro atoms. The maximum absolute atomic E-state index is 13.9. The monoisotopic (exact) mass is 473 g/mol. The van der Waals surface area contributed by atoms with E-state index in [0.29, 0.717) is 37.8 Å². The van der Waals surface area contributed by atoms with Gasteiger partial charge in [0.2, 0.25) is 0 Å². The summed E-state index contributed by atoms with van der Waals surface area (Å²) in [5, 5.41) is 11.6. The van der Waals surface area contributed by atoms with Gasteiger partial charge in [-0.15, -0.1) is 11.3 Å². The van der Waals surface area contributed by atoms with Crippen molar-refractivity contribution in [2.75, 3.05) is 0 Å². The molecular weight excluding hydrogens is 450 g/mol. The van der Waals surface area contributed by atoms with Crippen LogP contribution in [0.15, 0.2) is 58.2 Å². The van der Waals surface area contributed by atoms with Gasteiger partial charge >= 0.3 is 0 Å². The fourth-order valence-corrected chi connectivity index (χ4v) is 5.49. The molecule has 0 unspecified atom stereocenters. The van der Waals surface area contributed by atoms with Crippen LogP contribution < -0.4 is 10.3 Å². The quantitative estimate of drug-likeness (QED) is 0.341. The molecule has 0 saturated heterocycles. The summed E-state index contributed by atoms with van der Waals surface area (Å²) >= 11 is 1.33. The molecule has 1 fully saturated rings. The average Bonchev–Trinajstić information content (AvgIpc) is 3.39. The molecule has 1 aliphatic rings. The Labute approximate surface area is 199 Å². The summed E-state index contributed by atoms with van der Waals surface area (Å²) in [6, 6.07) is 11.2. The molecule has 0 atom stereocenters. The smallest absolute Gasteiger partial charge is 0.263 e. The molecule has 2 aromatic carbocycles. The lowest BCUT2D eigenvalue weighted by Crippen LogP contribution is -2.24. The van der Waals surface area contributed by atoms with Crippen LogP contribution in [0.1, 0.15) is 43.9 Å². The lowest BCUT2D eigenvalue weighted by Gasteiger charge is -2.17. The number of aromatic hydroxyl groups is 1. The standard InChI is InChI=1S/C26H23N3O4S/c1-14(2)33-16-8-9-18(20(10-16)15-6-7-15)24-28-25-22(19-4-3-5-21(30)23(19)34-25)26(31)29(24)12-17-11-27-13-32-17/h3-5,8-11,13-15,30H,6-7,12H2,1-2H3. The zero-order valence-electron chi connectivity index (χ0n) is 18.8. The molecule has 8 heteroatoms. The van der Waals surface area contributed by atoms with Gasteiger partial charge in [0, 0.05) is 10.9 Å². The van der Waals surface area contributed by atoms with E-state index in [1.54, 1.807) is 22.9 Å². The molecule has 1 aliphatic carbocycles. The maximum atomic E-state index is 13.9. The third-order valence-corrected chi connectivity index (χ3v) is 7.17. The minimum absolute atomic E-state index is 0.0724. The van der Waals surface area contributed by atoms with Crippen molar-refractivity contribution in [3.8, 4) is 22.9 Å². The van der Waals surface area contributed by atoms with Crippen LogP contribution in [0, 0.1) is 0 Å². The van der Waals surface area contributed by atoms with Crippen molar-refractivity contribution in [2.45, 2.75) is 45.3 Å². The summed E-state index contributed by atoms with van der Waals surface area (Å²) in [6.07, 6.45) is 5.24. The van der Waals surface area contributed by atoms with Gasteiger partial charge in [0.15, 0.2) is 6.39 Å². The van der Waals surface area contributed by atoms with Gasteiger partial charge in [0.25, 0.3) is 5.56 Å². The Morgan fingerprint density at radius 3 is 2.85 bits per heavy atom. The van der Waals surface area contributed by atoms with Crippen LogP contribution in [0.4, 0.5) is 0 Å². The first-order valence-corrected chi connectivity index (χ1v) is 12.1. The number of fused-ring (bicyclic) bond motifs is 3. The van der Waals surface area contributed by atoms with Crippen LogP contribution >= 0.6 is 11.3 Å². The van der Waals surface area contributed by atoms with Crippen LogP contribution in [-0.4, -0.2) is 25.7 Å². The number of phenolic OH excluding ortho intramolecular Hbond substituents is 1. The Bertz CT molecular complexity index is 1580. The minimum Gasteiger partial charge on any atom is -0.506 e. The molecule has 6 rings (SSSR count). The first kappa shape index (κ1) is 20.9. The van der Waals surface area contributed by atoms with Gasteiger partial charge < -0.3 is 14.3 Å². The van der Waals surface area contributed by atoms with Crippen LogP contribution in [0.2, 0.25) is 0 Å². The van der Waals surface area contributed by atoms with E-state index in [0.717, 1.165) is 29.7 Å². The summed E-state index contributed by atoms with van der Waals surface area (Å²) < 4.78 is 13.7. The molecule has 1 N–H and O–H groups in total. The third-order valence-electron chi connectivity index (χ3n) is 6.05. The summed E-state index contributed by atoms with van der Waals surface area (Å²) in [5.74, 6) is 2.54. The average molecular weight is 474 g/mol. The van der Waals surface area contributed by atoms with E-state index in [9.17, 15) is 9.90 Å². The van der Waals surface area contributed by atoms with Crippen molar-refractivity contribution in [3.63, 3.8) is 0 Å². The Morgan fingerprint density at radius 1 is 1.26 bits per heavy atom. The number of benzene rings is 2. The lowest BCUT2D eigenvalue weighted by atomic mass is 10.0. The molecule has 3 aromatic heterocycles. The van der Waals surface area contributed by atoms with E-state index in [2.05, 4.69) is 11.1 Å². The topological polar surface area (TPSA) is 90.4 Å². The zero-order chi connectivity index (χ0) is 23.4. The van der Waals surface area contributed by atoms with Gasteiger partial charge in [-0.25, -0.2) is 9.97 Å². The molecular formula is C26H23N3O4S. The van der Waals surface area contributed by atoms with Crippen molar-refractivity contribution in [2.24, 2.45) is 0 Å². The summed E-state index contributed by atoms with van der Waals surface area (Å²) in [6.45, 7) is 4.22. The molecule has 34 heavy (non-hydrogen) atoms. The number of aromatic nitrogens is 3. The fourth-order valence-electron chi connectivity index (χ4n) is 4.42. The zero-order valence-corrected chi connectivity index (χ0v) is 19.6. The van der Waals surface area contributed by atoms with Gasteiger partial charge in [0.05, 0.1) is 28.9 Å². The van der Waals surface area contributed by atoms with Gasteiger partial charge in [-0.2, -0.15) is 0 Å². The summed E-state index contributed by atoms with van der Waals surface area (Å²) in [4.78, 5) is 23.5. The van der Waals surface area contributed by atoms with Crippen LogP contribution in [-0.2, 0) is 6.54 Å². The number of hydrogen-bond acceptors (Lipinski definition) is 7. The van der Waals surface area contributed by atoms with E-state index < -0.39 is 0 Å². The van der Waals surface area contributed by atoms with E-state index in [-0.39, 0.29) is 24.0 Å². The van der Waals surface area contributed by atoms with Crippen molar-refractivity contribution in [1.29, 1.82) is 0 Å². The van der Waals surface area contributed by atoms with Gasteiger partial charge in [0.1, 0.15) is 27.9 Å². The highest BCUT2D eigenvalue weighted by molar-refractivity contribution is 7.25. The van der Waals surface area contributed by atoms with E-state index in [1.807, 2.05) is 32.0 Å². The molecule has 172 valence electrons. The second kappa shape index (κ2) is 7.99. The van der Waals surface area contributed by atoms with Crippen molar-refractivity contribution in [3.05, 3.63) is 70.7 Å².